The van der Waals surface area contributed by atoms with Crippen LogP contribution >= 0.6 is 0 Å². The molecule has 6 nitrogen and oxygen atoms in total. The van der Waals surface area contributed by atoms with Gasteiger partial charge in [-0.25, -0.2) is 4.39 Å². The van der Waals surface area contributed by atoms with E-state index in [0.717, 1.165) is 5.56 Å². The van der Waals surface area contributed by atoms with E-state index in [1.807, 2.05) is 0 Å². The third kappa shape index (κ3) is 5.19. The lowest BCUT2D eigenvalue weighted by Crippen LogP contribution is -2.40. The lowest BCUT2D eigenvalue weighted by molar-refractivity contribution is -0.145. The zero-order valence-electron chi connectivity index (χ0n) is 13.6. The summed E-state index contributed by atoms with van der Waals surface area (Å²) in [5, 5.41) is 11.9. The van der Waals surface area contributed by atoms with Gasteiger partial charge < -0.3 is 19.9 Å². The molecule has 132 valence electrons. The summed E-state index contributed by atoms with van der Waals surface area (Å²) in [6.45, 7) is 2.53. The Morgan fingerprint density at radius 2 is 2.12 bits per heavy atom. The minimum absolute atomic E-state index is 0.00404. The van der Waals surface area contributed by atoms with E-state index in [1.54, 1.807) is 13.0 Å². The Morgan fingerprint density at radius 3 is 2.79 bits per heavy atom. The van der Waals surface area contributed by atoms with Gasteiger partial charge in [-0.2, -0.15) is 0 Å². The van der Waals surface area contributed by atoms with E-state index in [2.05, 4.69) is 5.32 Å². The quantitative estimate of drug-likeness (QED) is 0.791. The second-order valence-electron chi connectivity index (χ2n) is 5.92. The monoisotopic (exact) mass is 339 g/mol. The Morgan fingerprint density at radius 1 is 1.42 bits per heavy atom. The predicted octanol–water partition coefficient (Wildman–Crippen LogP) is 1.76. The van der Waals surface area contributed by atoms with Gasteiger partial charge in [0.25, 0.3) is 5.91 Å². The number of hydrogen-bond acceptors (Lipinski definition) is 4. The SMILES string of the molecule is Cc1ccc(F)c(OCC(=O)NCC(C(=O)O)C2CCOCC2)c1. The average Bonchev–Trinajstić information content (AvgIpc) is 2.56. The highest BCUT2D eigenvalue weighted by Crippen LogP contribution is 2.23. The van der Waals surface area contributed by atoms with Gasteiger partial charge in [-0.15, -0.1) is 0 Å². The first-order chi connectivity index (χ1) is 11.5. The van der Waals surface area contributed by atoms with Crippen molar-refractivity contribution in [1.29, 1.82) is 0 Å². The fourth-order valence-corrected chi connectivity index (χ4v) is 2.71. The van der Waals surface area contributed by atoms with Crippen molar-refractivity contribution in [3.05, 3.63) is 29.6 Å². The molecule has 1 aliphatic rings. The van der Waals surface area contributed by atoms with Crippen LogP contribution in [0.3, 0.4) is 0 Å². The summed E-state index contributed by atoms with van der Waals surface area (Å²) in [7, 11) is 0. The van der Waals surface area contributed by atoms with Crippen molar-refractivity contribution >= 4 is 11.9 Å². The number of hydrogen-bond donors (Lipinski definition) is 2. The molecule has 1 heterocycles. The summed E-state index contributed by atoms with van der Waals surface area (Å²) in [6, 6.07) is 4.38. The number of carboxylic acid groups (broad SMARTS) is 1. The van der Waals surface area contributed by atoms with Crippen molar-refractivity contribution in [3.8, 4) is 5.75 Å². The topological polar surface area (TPSA) is 84.9 Å². The first kappa shape index (κ1) is 18.2. The minimum Gasteiger partial charge on any atom is -0.481 e. The van der Waals surface area contributed by atoms with Crippen molar-refractivity contribution in [3.63, 3.8) is 0 Å². The van der Waals surface area contributed by atoms with E-state index < -0.39 is 23.6 Å². The summed E-state index contributed by atoms with van der Waals surface area (Å²) in [4.78, 5) is 23.2. The van der Waals surface area contributed by atoms with Crippen molar-refractivity contribution in [2.45, 2.75) is 19.8 Å². The normalized spacial score (nSPS) is 16.4. The number of rotatable bonds is 7. The third-order valence-electron chi connectivity index (χ3n) is 4.12. The van der Waals surface area contributed by atoms with E-state index in [1.165, 1.54) is 12.1 Å². The van der Waals surface area contributed by atoms with Gasteiger partial charge in [0.1, 0.15) is 0 Å². The van der Waals surface area contributed by atoms with Crippen LogP contribution in [-0.2, 0) is 14.3 Å². The number of nitrogens with one attached hydrogen (secondary N) is 1. The average molecular weight is 339 g/mol. The van der Waals surface area contributed by atoms with E-state index >= 15 is 0 Å². The van der Waals surface area contributed by atoms with E-state index in [9.17, 15) is 19.1 Å². The Bertz CT molecular complexity index is 586. The van der Waals surface area contributed by atoms with E-state index in [0.29, 0.717) is 26.1 Å². The Hall–Kier alpha value is -2.15. The number of halogens is 1. The van der Waals surface area contributed by atoms with Crippen LogP contribution in [0.15, 0.2) is 18.2 Å². The number of carbonyl (C=O) groups excluding carboxylic acids is 1. The molecule has 0 radical (unpaired) electrons. The highest BCUT2D eigenvalue weighted by molar-refractivity contribution is 5.78. The molecular formula is C17H22FNO5. The highest BCUT2D eigenvalue weighted by Gasteiger charge is 2.30. The summed E-state index contributed by atoms with van der Waals surface area (Å²) in [6.07, 6.45) is 1.33. The zero-order valence-corrected chi connectivity index (χ0v) is 13.6. The summed E-state index contributed by atoms with van der Waals surface area (Å²) in [5.41, 5.74) is 0.817. The van der Waals surface area contributed by atoms with E-state index in [-0.39, 0.29) is 24.8 Å². The number of carbonyl (C=O) groups is 2. The molecule has 2 N–H and O–H groups in total. The van der Waals surface area contributed by atoms with Crippen LogP contribution in [0.4, 0.5) is 4.39 Å². The molecular weight excluding hydrogens is 317 g/mol. The maximum Gasteiger partial charge on any atom is 0.308 e. The first-order valence-corrected chi connectivity index (χ1v) is 7.93. The summed E-state index contributed by atoms with van der Waals surface area (Å²) < 4.78 is 23.9. The molecule has 24 heavy (non-hydrogen) atoms. The number of ether oxygens (including phenoxy) is 2. The molecule has 1 aliphatic heterocycles. The van der Waals surface area contributed by atoms with Crippen LogP contribution < -0.4 is 10.1 Å². The van der Waals surface area contributed by atoms with Crippen molar-refractivity contribution in [1.82, 2.24) is 5.32 Å². The Labute approximate surface area is 139 Å². The van der Waals surface area contributed by atoms with Crippen molar-refractivity contribution < 1.29 is 28.6 Å². The number of carboxylic acids is 1. The minimum atomic E-state index is -0.937. The molecule has 0 aromatic heterocycles. The van der Waals surface area contributed by atoms with Gasteiger partial charge in [0.15, 0.2) is 18.2 Å². The van der Waals surface area contributed by atoms with Crippen LogP contribution in [-0.4, -0.2) is 43.3 Å². The molecule has 1 atom stereocenters. The second-order valence-corrected chi connectivity index (χ2v) is 5.92. The van der Waals surface area contributed by atoms with Crippen LogP contribution in [0, 0.1) is 24.6 Å². The van der Waals surface area contributed by atoms with Gasteiger partial charge in [0, 0.05) is 19.8 Å². The molecule has 7 heteroatoms. The second kappa shape index (κ2) is 8.63. The molecule has 0 bridgehead atoms. The van der Waals surface area contributed by atoms with Gasteiger partial charge >= 0.3 is 5.97 Å². The fraction of sp³-hybridized carbons (Fsp3) is 0.529. The molecule has 1 aromatic rings. The number of benzene rings is 1. The molecule has 2 rings (SSSR count). The van der Waals surface area contributed by atoms with E-state index in [4.69, 9.17) is 9.47 Å². The molecule has 1 saturated heterocycles. The molecule has 0 saturated carbocycles. The van der Waals surface area contributed by atoms with Crippen LogP contribution in [0.5, 0.6) is 5.75 Å². The summed E-state index contributed by atoms with van der Waals surface area (Å²) >= 11 is 0. The molecule has 1 aromatic carbocycles. The lowest BCUT2D eigenvalue weighted by Gasteiger charge is -2.27. The number of aryl methyl sites for hydroxylation is 1. The van der Waals surface area contributed by atoms with Gasteiger partial charge in [-0.05, 0) is 43.4 Å². The van der Waals surface area contributed by atoms with Crippen LogP contribution in [0.25, 0.3) is 0 Å². The van der Waals surface area contributed by atoms with Gasteiger partial charge in [-0.3, -0.25) is 9.59 Å². The predicted molar refractivity (Wildman–Crippen MR) is 84.3 cm³/mol. The zero-order chi connectivity index (χ0) is 17.5. The maximum absolute atomic E-state index is 13.5. The van der Waals surface area contributed by atoms with Crippen molar-refractivity contribution in [2.75, 3.05) is 26.4 Å². The number of amides is 1. The Kier molecular flexibility index (Phi) is 6.54. The Balaban J connectivity index is 1.82. The number of aliphatic carboxylic acids is 1. The largest absolute Gasteiger partial charge is 0.481 e. The van der Waals surface area contributed by atoms with Crippen molar-refractivity contribution in [2.24, 2.45) is 11.8 Å². The standard InChI is InChI=1S/C17H22FNO5/c1-11-2-3-14(18)15(8-11)24-10-16(20)19-9-13(17(21)22)12-4-6-23-7-5-12/h2-3,8,12-13H,4-7,9-10H2,1H3,(H,19,20)(H,21,22). The molecule has 1 fully saturated rings. The van der Waals surface area contributed by atoms with Crippen LogP contribution in [0.2, 0.25) is 0 Å². The molecule has 0 aliphatic carbocycles. The fourth-order valence-electron chi connectivity index (χ4n) is 2.71. The first-order valence-electron chi connectivity index (χ1n) is 7.93. The third-order valence-corrected chi connectivity index (χ3v) is 4.12. The lowest BCUT2D eigenvalue weighted by atomic mass is 9.86. The van der Waals surface area contributed by atoms with Crippen LogP contribution in [0.1, 0.15) is 18.4 Å². The highest BCUT2D eigenvalue weighted by atomic mass is 19.1. The van der Waals surface area contributed by atoms with Gasteiger partial charge in [0.2, 0.25) is 0 Å². The van der Waals surface area contributed by atoms with Gasteiger partial charge in [0.05, 0.1) is 5.92 Å². The molecule has 1 amide bonds. The van der Waals surface area contributed by atoms with Gasteiger partial charge in [-0.1, -0.05) is 6.07 Å². The summed E-state index contributed by atoms with van der Waals surface area (Å²) in [5.74, 6) is -2.63. The molecule has 1 unspecified atom stereocenters. The smallest absolute Gasteiger partial charge is 0.308 e. The maximum atomic E-state index is 13.5. The molecule has 0 spiro atoms.